The van der Waals surface area contributed by atoms with Gasteiger partial charge < -0.3 is 10.2 Å². The molecule has 0 saturated carbocycles. The van der Waals surface area contributed by atoms with Gasteiger partial charge in [-0.1, -0.05) is 36.4 Å². The molecule has 0 radical (unpaired) electrons. The molecule has 1 N–H and O–H groups in total. The summed E-state index contributed by atoms with van der Waals surface area (Å²) in [4.78, 5) is 17.5. The molecule has 8 heteroatoms. The highest BCUT2D eigenvalue weighted by Gasteiger charge is 2.27. The maximum atomic E-state index is 12.9. The predicted molar refractivity (Wildman–Crippen MR) is 141 cm³/mol. The Morgan fingerprint density at radius 3 is 2.19 bits per heavy atom. The Kier molecular flexibility index (Phi) is 7.20. The van der Waals surface area contributed by atoms with E-state index >= 15 is 0 Å². The zero-order chi connectivity index (χ0) is 25.1. The third-order valence-corrected chi connectivity index (χ3v) is 8.96. The first kappa shape index (κ1) is 24.6. The number of sulfonamides is 1. The molecule has 3 aromatic rings. The van der Waals surface area contributed by atoms with Gasteiger partial charge in [-0.25, -0.2) is 8.42 Å². The minimum absolute atomic E-state index is 0.219. The summed E-state index contributed by atoms with van der Waals surface area (Å²) in [6.07, 6.45) is 1.06. The number of benzene rings is 3. The number of rotatable bonds is 6. The second-order valence-electron chi connectivity index (χ2n) is 9.61. The summed E-state index contributed by atoms with van der Waals surface area (Å²) in [7, 11) is -1.54. The van der Waals surface area contributed by atoms with Gasteiger partial charge in [-0.3, -0.25) is 9.69 Å². The van der Waals surface area contributed by atoms with E-state index in [9.17, 15) is 13.2 Å². The number of hydrogen-bond donors (Lipinski definition) is 1. The van der Waals surface area contributed by atoms with Crippen LogP contribution in [0.25, 0.3) is 0 Å². The van der Waals surface area contributed by atoms with E-state index in [2.05, 4.69) is 39.4 Å². The zero-order valence-corrected chi connectivity index (χ0v) is 21.4. The van der Waals surface area contributed by atoms with Crippen molar-refractivity contribution in [3.05, 3.63) is 95.1 Å². The van der Waals surface area contributed by atoms with Gasteiger partial charge in [0, 0.05) is 57.1 Å². The van der Waals surface area contributed by atoms with Crippen LogP contribution in [0.2, 0.25) is 0 Å². The molecule has 1 amide bonds. The van der Waals surface area contributed by atoms with Crippen LogP contribution in [0.15, 0.2) is 77.7 Å². The molecule has 0 bridgehead atoms. The van der Waals surface area contributed by atoms with Gasteiger partial charge in [-0.05, 0) is 66.6 Å². The Morgan fingerprint density at radius 2 is 1.50 bits per heavy atom. The van der Waals surface area contributed by atoms with Crippen LogP contribution in [-0.4, -0.2) is 68.2 Å². The number of hydrogen-bond acceptors (Lipinski definition) is 5. The molecule has 2 aliphatic rings. The molecular formula is C28H32N4O3S. The first-order valence-corrected chi connectivity index (χ1v) is 13.8. The molecule has 0 aliphatic carbocycles. The number of fused-ring (bicyclic) bond motifs is 1. The summed E-state index contributed by atoms with van der Waals surface area (Å²) in [5, 5.41) is 2.87. The lowest BCUT2D eigenvalue weighted by molar-refractivity contribution is 0.102. The third kappa shape index (κ3) is 5.52. The van der Waals surface area contributed by atoms with E-state index in [0.29, 0.717) is 24.3 Å². The number of piperazine rings is 1. The fourth-order valence-electron chi connectivity index (χ4n) is 4.80. The number of anilines is 1. The Balaban J connectivity index is 1.17. The number of nitrogens with zero attached hydrogens (tertiary/aromatic N) is 3. The monoisotopic (exact) mass is 504 g/mol. The van der Waals surface area contributed by atoms with E-state index in [1.807, 2.05) is 31.3 Å². The first-order valence-electron chi connectivity index (χ1n) is 12.4. The number of carbonyl (C=O) groups is 1. The fourth-order valence-corrected chi connectivity index (χ4v) is 6.22. The number of amides is 1. The van der Waals surface area contributed by atoms with Crippen LogP contribution in [0.1, 0.15) is 27.0 Å². The minimum Gasteiger partial charge on any atom is -0.322 e. The van der Waals surface area contributed by atoms with Crippen molar-refractivity contribution < 1.29 is 13.2 Å². The molecule has 36 heavy (non-hydrogen) atoms. The molecule has 3 aromatic carbocycles. The molecule has 0 atom stereocenters. The van der Waals surface area contributed by atoms with E-state index in [1.165, 1.54) is 21.0 Å². The maximum Gasteiger partial charge on any atom is 0.255 e. The molecule has 2 heterocycles. The van der Waals surface area contributed by atoms with E-state index < -0.39 is 10.0 Å². The fraction of sp³-hybridized carbons (Fsp3) is 0.321. The van der Waals surface area contributed by atoms with Crippen LogP contribution in [0.3, 0.4) is 0 Å². The second kappa shape index (κ2) is 10.5. The van der Waals surface area contributed by atoms with Crippen molar-refractivity contribution in [2.45, 2.75) is 24.4 Å². The van der Waals surface area contributed by atoms with Crippen molar-refractivity contribution in [2.75, 3.05) is 45.1 Å². The normalized spacial score (nSPS) is 17.5. The highest BCUT2D eigenvalue weighted by Crippen LogP contribution is 2.22. The summed E-state index contributed by atoms with van der Waals surface area (Å²) in [5.41, 5.74) is 5.13. The van der Waals surface area contributed by atoms with Crippen molar-refractivity contribution in [2.24, 2.45) is 0 Å². The van der Waals surface area contributed by atoms with Crippen molar-refractivity contribution in [3.8, 4) is 0 Å². The Morgan fingerprint density at radius 1 is 0.833 bits per heavy atom. The van der Waals surface area contributed by atoms with Gasteiger partial charge in [-0.2, -0.15) is 4.31 Å². The second-order valence-corrected chi connectivity index (χ2v) is 11.6. The number of nitrogens with one attached hydrogen (secondary N) is 1. The molecule has 1 fully saturated rings. The maximum absolute atomic E-state index is 12.9. The van der Waals surface area contributed by atoms with Gasteiger partial charge in [-0.15, -0.1) is 0 Å². The van der Waals surface area contributed by atoms with Crippen molar-refractivity contribution in [1.82, 2.24) is 14.1 Å². The predicted octanol–water partition coefficient (Wildman–Crippen LogP) is 3.43. The van der Waals surface area contributed by atoms with E-state index in [1.54, 1.807) is 24.3 Å². The van der Waals surface area contributed by atoms with Gasteiger partial charge >= 0.3 is 0 Å². The molecule has 7 nitrogen and oxygen atoms in total. The lowest BCUT2D eigenvalue weighted by Gasteiger charge is -2.31. The standard InChI is InChI=1S/C28H32N4O3S/c1-30-16-18-32(19-17-30)36(34,35)27-12-10-26(11-13-27)29-28(33)24-8-6-22(7-9-24)20-31-15-14-23-4-2-3-5-25(23)21-31/h2-13H,14-21H2,1H3,(H,29,33). The summed E-state index contributed by atoms with van der Waals surface area (Å²) in [5.74, 6) is -0.219. The lowest BCUT2D eigenvalue weighted by Crippen LogP contribution is -2.46. The number of likely N-dealkylation sites (N-methyl/N-ethyl adjacent to an activating group) is 1. The molecule has 2 aliphatic heterocycles. The van der Waals surface area contributed by atoms with Crippen LogP contribution in [0.5, 0.6) is 0 Å². The van der Waals surface area contributed by atoms with Gasteiger partial charge in [0.05, 0.1) is 4.90 Å². The van der Waals surface area contributed by atoms with Gasteiger partial charge in [0.1, 0.15) is 0 Å². The highest BCUT2D eigenvalue weighted by molar-refractivity contribution is 7.89. The van der Waals surface area contributed by atoms with Crippen molar-refractivity contribution >= 4 is 21.6 Å². The topological polar surface area (TPSA) is 73.0 Å². The Hall–Kier alpha value is -3.04. The average Bonchev–Trinajstić information content (AvgIpc) is 2.89. The quantitative estimate of drug-likeness (QED) is 0.557. The molecule has 188 valence electrons. The third-order valence-electron chi connectivity index (χ3n) is 7.04. The number of carbonyl (C=O) groups excluding carboxylic acids is 1. The van der Waals surface area contributed by atoms with E-state index in [-0.39, 0.29) is 10.8 Å². The summed E-state index contributed by atoms with van der Waals surface area (Å²) in [6, 6.07) is 22.7. The summed E-state index contributed by atoms with van der Waals surface area (Å²) >= 11 is 0. The van der Waals surface area contributed by atoms with Crippen LogP contribution < -0.4 is 5.32 Å². The van der Waals surface area contributed by atoms with Gasteiger partial charge in [0.15, 0.2) is 0 Å². The summed E-state index contributed by atoms with van der Waals surface area (Å²) in [6.45, 7) is 5.23. The van der Waals surface area contributed by atoms with Crippen molar-refractivity contribution in [1.29, 1.82) is 0 Å². The largest absolute Gasteiger partial charge is 0.322 e. The molecule has 5 rings (SSSR count). The first-order chi connectivity index (χ1) is 17.4. The van der Waals surface area contributed by atoms with Crippen LogP contribution in [0.4, 0.5) is 5.69 Å². The van der Waals surface area contributed by atoms with Crippen LogP contribution >= 0.6 is 0 Å². The highest BCUT2D eigenvalue weighted by atomic mass is 32.2. The Labute approximate surface area is 213 Å². The van der Waals surface area contributed by atoms with Gasteiger partial charge in [0.2, 0.25) is 10.0 Å². The molecule has 0 unspecified atom stereocenters. The zero-order valence-electron chi connectivity index (χ0n) is 20.6. The van der Waals surface area contributed by atoms with Crippen LogP contribution in [0, 0.1) is 0 Å². The van der Waals surface area contributed by atoms with E-state index in [4.69, 9.17) is 0 Å². The summed E-state index contributed by atoms with van der Waals surface area (Å²) < 4.78 is 27.3. The molecule has 1 saturated heterocycles. The minimum atomic E-state index is -3.53. The van der Waals surface area contributed by atoms with Crippen LogP contribution in [-0.2, 0) is 29.5 Å². The van der Waals surface area contributed by atoms with Gasteiger partial charge in [0.25, 0.3) is 5.91 Å². The lowest BCUT2D eigenvalue weighted by atomic mass is 9.99. The molecular weight excluding hydrogens is 472 g/mol. The smallest absolute Gasteiger partial charge is 0.255 e. The molecule has 0 spiro atoms. The Bertz CT molecular complexity index is 1320. The van der Waals surface area contributed by atoms with Crippen molar-refractivity contribution in [3.63, 3.8) is 0 Å². The SMILES string of the molecule is CN1CCN(S(=O)(=O)c2ccc(NC(=O)c3ccc(CN4CCc5ccccc5C4)cc3)cc2)CC1. The van der Waals surface area contributed by atoms with E-state index in [0.717, 1.165) is 39.1 Å². The average molecular weight is 505 g/mol. The molecule has 0 aromatic heterocycles.